The average Bonchev–Trinajstić information content (AvgIpc) is 2.45. The molecule has 2 atom stereocenters. The monoisotopic (exact) mass is 302 g/mol. The van der Waals surface area contributed by atoms with Crippen LogP contribution in [-0.4, -0.2) is 16.3 Å². The standard InChI is InChI=1S/C20H30O2/c1-8-9-18(21)20(6,7)19(22)16-11-10-15(13(2)3)12-17(16)14(4)5/h8-13,18-19,21-22H,4H2,1-3,5-7H3/b9-8+/t18-,19+/m0/s1. The van der Waals surface area contributed by atoms with Crippen molar-refractivity contribution in [3.63, 3.8) is 0 Å². The van der Waals surface area contributed by atoms with Crippen LogP contribution in [0.3, 0.4) is 0 Å². The summed E-state index contributed by atoms with van der Waals surface area (Å²) in [5, 5.41) is 21.2. The van der Waals surface area contributed by atoms with Gasteiger partial charge in [0.1, 0.15) is 0 Å². The van der Waals surface area contributed by atoms with Crippen LogP contribution in [0, 0.1) is 5.41 Å². The first kappa shape index (κ1) is 18.7. The van der Waals surface area contributed by atoms with Gasteiger partial charge in [-0.05, 0) is 36.5 Å². The lowest BCUT2D eigenvalue weighted by atomic mass is 9.75. The van der Waals surface area contributed by atoms with Gasteiger partial charge < -0.3 is 10.2 Å². The van der Waals surface area contributed by atoms with Crippen LogP contribution in [0.1, 0.15) is 70.3 Å². The van der Waals surface area contributed by atoms with Gasteiger partial charge in [-0.2, -0.15) is 0 Å². The van der Waals surface area contributed by atoms with Crippen molar-refractivity contribution in [3.05, 3.63) is 53.6 Å². The molecule has 1 aromatic carbocycles. The Hall–Kier alpha value is -1.38. The quantitative estimate of drug-likeness (QED) is 0.738. The van der Waals surface area contributed by atoms with E-state index in [9.17, 15) is 10.2 Å². The molecule has 0 radical (unpaired) electrons. The van der Waals surface area contributed by atoms with Gasteiger partial charge in [-0.1, -0.05) is 70.2 Å². The SMILES string of the molecule is C=C(C)c1cc(C(C)C)ccc1[C@@H](O)C(C)(C)[C@@H](O)/C=C/C. The molecule has 0 heterocycles. The third kappa shape index (κ3) is 3.88. The molecule has 0 unspecified atom stereocenters. The predicted molar refractivity (Wildman–Crippen MR) is 94.8 cm³/mol. The van der Waals surface area contributed by atoms with E-state index in [0.29, 0.717) is 5.92 Å². The molecule has 0 aliphatic heterocycles. The molecule has 0 aliphatic rings. The molecule has 2 nitrogen and oxygen atoms in total. The second-order valence-corrected chi connectivity index (χ2v) is 6.98. The first-order chi connectivity index (χ1) is 10.1. The molecule has 0 saturated heterocycles. The summed E-state index contributed by atoms with van der Waals surface area (Å²) in [5.74, 6) is 0.422. The number of hydrogen-bond acceptors (Lipinski definition) is 2. The number of benzene rings is 1. The van der Waals surface area contributed by atoms with E-state index < -0.39 is 17.6 Å². The largest absolute Gasteiger partial charge is 0.388 e. The Labute approximate surface area is 135 Å². The zero-order chi connectivity index (χ0) is 17.1. The Kier molecular flexibility index (Phi) is 6.16. The molecule has 0 fully saturated rings. The van der Waals surface area contributed by atoms with Crippen LogP contribution in [0.2, 0.25) is 0 Å². The van der Waals surface area contributed by atoms with Gasteiger partial charge in [0.05, 0.1) is 12.2 Å². The highest BCUT2D eigenvalue weighted by Crippen LogP contribution is 2.40. The van der Waals surface area contributed by atoms with Crippen LogP contribution < -0.4 is 0 Å². The summed E-state index contributed by atoms with van der Waals surface area (Å²) in [6.07, 6.45) is 2.04. The summed E-state index contributed by atoms with van der Waals surface area (Å²) in [7, 11) is 0. The normalized spacial score (nSPS) is 15.3. The van der Waals surface area contributed by atoms with Crippen LogP contribution >= 0.6 is 0 Å². The molecule has 122 valence electrons. The molecule has 0 spiro atoms. The van der Waals surface area contributed by atoms with E-state index in [1.54, 1.807) is 12.2 Å². The van der Waals surface area contributed by atoms with Crippen LogP contribution in [-0.2, 0) is 0 Å². The van der Waals surface area contributed by atoms with Crippen LogP contribution in [0.25, 0.3) is 5.57 Å². The fourth-order valence-corrected chi connectivity index (χ4v) is 2.53. The van der Waals surface area contributed by atoms with Crippen LogP contribution in [0.5, 0.6) is 0 Å². The molecule has 22 heavy (non-hydrogen) atoms. The second kappa shape index (κ2) is 7.26. The Balaban J connectivity index is 3.33. The molecule has 2 N–H and O–H groups in total. The van der Waals surface area contributed by atoms with E-state index in [0.717, 1.165) is 16.7 Å². The number of allylic oxidation sites excluding steroid dienone is 2. The molecule has 0 saturated carbocycles. The summed E-state index contributed by atoms with van der Waals surface area (Å²) in [5.41, 5.74) is 3.26. The van der Waals surface area contributed by atoms with Gasteiger partial charge >= 0.3 is 0 Å². The fourth-order valence-electron chi connectivity index (χ4n) is 2.53. The van der Waals surface area contributed by atoms with Gasteiger partial charge in [0.15, 0.2) is 0 Å². The molecular weight excluding hydrogens is 272 g/mol. The third-order valence-corrected chi connectivity index (χ3v) is 4.34. The Morgan fingerprint density at radius 2 is 1.82 bits per heavy atom. The molecule has 0 aromatic heterocycles. The molecular formula is C20H30O2. The van der Waals surface area contributed by atoms with Crippen molar-refractivity contribution in [2.24, 2.45) is 5.41 Å². The molecule has 0 amide bonds. The summed E-state index contributed by atoms with van der Waals surface area (Å²) < 4.78 is 0. The van der Waals surface area contributed by atoms with Crippen molar-refractivity contribution in [2.75, 3.05) is 0 Å². The Morgan fingerprint density at radius 1 is 1.23 bits per heavy atom. The van der Waals surface area contributed by atoms with Crippen molar-refractivity contribution in [2.45, 2.75) is 59.7 Å². The van der Waals surface area contributed by atoms with E-state index >= 15 is 0 Å². The van der Waals surface area contributed by atoms with Gasteiger partial charge in [0, 0.05) is 5.41 Å². The average molecular weight is 302 g/mol. The highest BCUT2D eigenvalue weighted by atomic mass is 16.3. The van der Waals surface area contributed by atoms with E-state index in [1.165, 1.54) is 5.56 Å². The van der Waals surface area contributed by atoms with E-state index in [2.05, 4.69) is 26.5 Å². The third-order valence-electron chi connectivity index (χ3n) is 4.34. The molecule has 2 heteroatoms. The lowest BCUT2D eigenvalue weighted by Crippen LogP contribution is -2.34. The van der Waals surface area contributed by atoms with Crippen molar-refractivity contribution >= 4 is 5.57 Å². The molecule has 0 aliphatic carbocycles. The molecule has 0 bridgehead atoms. The summed E-state index contributed by atoms with van der Waals surface area (Å²) in [6, 6.07) is 6.12. The van der Waals surface area contributed by atoms with Gasteiger partial charge in [-0.3, -0.25) is 0 Å². The minimum Gasteiger partial charge on any atom is -0.388 e. The van der Waals surface area contributed by atoms with Crippen LogP contribution in [0.15, 0.2) is 36.9 Å². The van der Waals surface area contributed by atoms with Gasteiger partial charge in [-0.15, -0.1) is 0 Å². The van der Waals surface area contributed by atoms with Gasteiger partial charge in [-0.25, -0.2) is 0 Å². The Bertz CT molecular complexity index is 553. The van der Waals surface area contributed by atoms with E-state index in [4.69, 9.17) is 0 Å². The highest BCUT2D eigenvalue weighted by molar-refractivity contribution is 5.66. The maximum atomic E-state index is 10.9. The number of rotatable bonds is 6. The fraction of sp³-hybridized carbons (Fsp3) is 0.500. The maximum Gasteiger partial charge on any atom is 0.0874 e. The summed E-state index contributed by atoms with van der Waals surface area (Å²) in [4.78, 5) is 0. The first-order valence-electron chi connectivity index (χ1n) is 7.91. The number of aliphatic hydroxyl groups is 2. The minimum atomic E-state index is -0.772. The van der Waals surface area contributed by atoms with E-state index in [-0.39, 0.29) is 0 Å². The lowest BCUT2D eigenvalue weighted by Gasteiger charge is -2.35. The maximum absolute atomic E-state index is 10.9. The Morgan fingerprint density at radius 3 is 2.27 bits per heavy atom. The van der Waals surface area contributed by atoms with Crippen molar-refractivity contribution in [3.8, 4) is 0 Å². The second-order valence-electron chi connectivity index (χ2n) is 6.98. The van der Waals surface area contributed by atoms with Crippen molar-refractivity contribution in [1.29, 1.82) is 0 Å². The van der Waals surface area contributed by atoms with Crippen LogP contribution in [0.4, 0.5) is 0 Å². The van der Waals surface area contributed by atoms with E-state index in [1.807, 2.05) is 39.8 Å². The zero-order valence-corrected chi connectivity index (χ0v) is 14.7. The van der Waals surface area contributed by atoms with Gasteiger partial charge in [0.25, 0.3) is 0 Å². The molecule has 1 aromatic rings. The minimum absolute atomic E-state index is 0.422. The molecule has 1 rings (SSSR count). The summed E-state index contributed by atoms with van der Waals surface area (Å²) in [6.45, 7) is 15.9. The predicted octanol–water partition coefficient (Wildman–Crippen LogP) is 4.84. The number of hydrogen-bond donors (Lipinski definition) is 2. The lowest BCUT2D eigenvalue weighted by molar-refractivity contribution is -0.0274. The first-order valence-corrected chi connectivity index (χ1v) is 7.91. The topological polar surface area (TPSA) is 40.5 Å². The van der Waals surface area contributed by atoms with Crippen molar-refractivity contribution in [1.82, 2.24) is 0 Å². The highest BCUT2D eigenvalue weighted by Gasteiger charge is 2.36. The summed E-state index contributed by atoms with van der Waals surface area (Å²) >= 11 is 0. The zero-order valence-electron chi connectivity index (χ0n) is 14.7. The van der Waals surface area contributed by atoms with Gasteiger partial charge in [0.2, 0.25) is 0 Å². The smallest absolute Gasteiger partial charge is 0.0874 e. The number of aliphatic hydroxyl groups excluding tert-OH is 2. The van der Waals surface area contributed by atoms with Crippen molar-refractivity contribution < 1.29 is 10.2 Å².